The number of ether oxygens (including phenoxy) is 1. The Bertz CT molecular complexity index is 531. The molecule has 0 spiro atoms. The first-order chi connectivity index (χ1) is 9.92. The van der Waals surface area contributed by atoms with Crippen LogP contribution in [0, 0.1) is 0 Å². The molecule has 0 radical (unpaired) electrons. The Labute approximate surface area is 120 Å². The maximum absolute atomic E-state index is 11.7. The number of amides is 2. The van der Waals surface area contributed by atoms with Gasteiger partial charge >= 0.3 is 18.0 Å². The van der Waals surface area contributed by atoms with Crippen LogP contribution in [0.2, 0.25) is 0 Å². The Morgan fingerprint density at radius 2 is 2.00 bits per heavy atom. The second kappa shape index (κ2) is 7.73. The Hall–Kier alpha value is -2.77. The number of rotatable bonds is 7. The van der Waals surface area contributed by atoms with Crippen LogP contribution in [0.5, 0.6) is 5.75 Å². The molecule has 2 amide bonds. The van der Waals surface area contributed by atoms with Gasteiger partial charge in [-0.3, -0.25) is 4.79 Å². The van der Waals surface area contributed by atoms with Crippen LogP contribution < -0.4 is 15.4 Å². The van der Waals surface area contributed by atoms with Gasteiger partial charge in [0.1, 0.15) is 11.8 Å². The van der Waals surface area contributed by atoms with E-state index < -0.39 is 24.0 Å². The number of carbonyl (C=O) groups is 3. The van der Waals surface area contributed by atoms with E-state index in [1.165, 1.54) is 7.11 Å². The topological polar surface area (TPSA) is 125 Å². The summed E-state index contributed by atoms with van der Waals surface area (Å²) in [6.07, 6.45) is -0.549. The van der Waals surface area contributed by atoms with Gasteiger partial charge in [0.25, 0.3) is 0 Å². The summed E-state index contributed by atoms with van der Waals surface area (Å²) in [5, 5.41) is 22.1. The van der Waals surface area contributed by atoms with Gasteiger partial charge in [-0.2, -0.15) is 0 Å². The summed E-state index contributed by atoms with van der Waals surface area (Å²) in [4.78, 5) is 33.1. The average molecular weight is 296 g/mol. The Kier molecular flexibility index (Phi) is 5.99. The zero-order chi connectivity index (χ0) is 15.8. The number of carbonyl (C=O) groups excluding carboxylic acids is 1. The van der Waals surface area contributed by atoms with Gasteiger partial charge in [-0.05, 0) is 18.6 Å². The van der Waals surface area contributed by atoms with Crippen LogP contribution >= 0.6 is 0 Å². The quantitative estimate of drug-likeness (QED) is 0.598. The predicted molar refractivity (Wildman–Crippen MR) is 73.4 cm³/mol. The van der Waals surface area contributed by atoms with Crippen molar-refractivity contribution >= 4 is 23.7 Å². The number of anilines is 1. The highest BCUT2D eigenvalue weighted by atomic mass is 16.5. The molecule has 0 aromatic heterocycles. The molecule has 8 nitrogen and oxygen atoms in total. The standard InChI is InChI=1S/C13H16N2O6/c1-21-9-4-2-3-8(7-9)14-13(20)15-10(12(18)19)5-6-11(16)17/h2-4,7,10H,5-6H2,1H3,(H,16,17)(H,18,19)(H2,14,15,20). The van der Waals surface area contributed by atoms with Crippen LogP contribution in [0.3, 0.4) is 0 Å². The molecule has 1 aromatic carbocycles. The van der Waals surface area contributed by atoms with Crippen LogP contribution in [0.1, 0.15) is 12.8 Å². The average Bonchev–Trinajstić information content (AvgIpc) is 2.43. The molecule has 21 heavy (non-hydrogen) atoms. The SMILES string of the molecule is COc1cccc(NC(=O)NC(CCC(=O)O)C(=O)O)c1. The third-order valence-corrected chi connectivity index (χ3v) is 2.58. The monoisotopic (exact) mass is 296 g/mol. The summed E-state index contributed by atoms with van der Waals surface area (Å²) in [6.45, 7) is 0. The van der Waals surface area contributed by atoms with E-state index in [4.69, 9.17) is 14.9 Å². The Morgan fingerprint density at radius 3 is 2.57 bits per heavy atom. The van der Waals surface area contributed by atoms with Crippen LogP contribution in [-0.4, -0.2) is 41.3 Å². The molecule has 0 aliphatic rings. The van der Waals surface area contributed by atoms with Crippen molar-refractivity contribution in [3.63, 3.8) is 0 Å². The zero-order valence-electron chi connectivity index (χ0n) is 11.3. The first-order valence-corrected chi connectivity index (χ1v) is 6.08. The fourth-order valence-electron chi connectivity index (χ4n) is 1.55. The summed E-state index contributed by atoms with van der Waals surface area (Å²) in [5.74, 6) is -1.89. The lowest BCUT2D eigenvalue weighted by Crippen LogP contribution is -2.43. The number of methoxy groups -OCH3 is 1. The van der Waals surface area contributed by atoms with Crippen molar-refractivity contribution in [3.05, 3.63) is 24.3 Å². The van der Waals surface area contributed by atoms with Crippen molar-refractivity contribution in [1.82, 2.24) is 5.32 Å². The lowest BCUT2D eigenvalue weighted by Gasteiger charge is -2.14. The number of benzene rings is 1. The molecule has 1 aromatic rings. The number of nitrogens with one attached hydrogen (secondary N) is 2. The van der Waals surface area contributed by atoms with Gasteiger partial charge in [0.15, 0.2) is 0 Å². The van der Waals surface area contributed by atoms with E-state index in [1.54, 1.807) is 24.3 Å². The number of carboxylic acid groups (broad SMARTS) is 2. The third-order valence-electron chi connectivity index (χ3n) is 2.58. The van der Waals surface area contributed by atoms with E-state index in [0.717, 1.165) is 0 Å². The van der Waals surface area contributed by atoms with Crippen LogP contribution in [0.25, 0.3) is 0 Å². The van der Waals surface area contributed by atoms with Gasteiger partial charge in [-0.25, -0.2) is 9.59 Å². The molecule has 1 rings (SSSR count). The van der Waals surface area contributed by atoms with E-state index in [0.29, 0.717) is 11.4 Å². The minimum absolute atomic E-state index is 0.198. The molecular weight excluding hydrogens is 280 g/mol. The van der Waals surface area contributed by atoms with Crippen molar-refractivity contribution in [3.8, 4) is 5.75 Å². The molecule has 0 fully saturated rings. The van der Waals surface area contributed by atoms with Gasteiger partial charge < -0.3 is 25.6 Å². The van der Waals surface area contributed by atoms with Crippen molar-refractivity contribution in [1.29, 1.82) is 0 Å². The zero-order valence-corrected chi connectivity index (χ0v) is 11.3. The summed E-state index contributed by atoms with van der Waals surface area (Å²) in [5.41, 5.74) is 0.425. The van der Waals surface area contributed by atoms with E-state index in [2.05, 4.69) is 10.6 Å². The molecule has 0 saturated carbocycles. The number of hydrogen-bond donors (Lipinski definition) is 4. The highest BCUT2D eigenvalue weighted by molar-refractivity contribution is 5.92. The fraction of sp³-hybridized carbons (Fsp3) is 0.308. The minimum Gasteiger partial charge on any atom is -0.497 e. The second-order valence-corrected chi connectivity index (χ2v) is 4.15. The van der Waals surface area contributed by atoms with Gasteiger partial charge in [0, 0.05) is 18.2 Å². The number of hydrogen-bond acceptors (Lipinski definition) is 4. The van der Waals surface area contributed by atoms with Crippen LogP contribution in [0.4, 0.5) is 10.5 Å². The molecule has 1 unspecified atom stereocenters. The molecule has 1 atom stereocenters. The van der Waals surface area contributed by atoms with Crippen molar-refractivity contribution < 1.29 is 29.3 Å². The highest BCUT2D eigenvalue weighted by Crippen LogP contribution is 2.16. The predicted octanol–water partition coefficient (Wildman–Crippen LogP) is 1.13. The molecule has 0 aliphatic carbocycles. The molecule has 8 heteroatoms. The van der Waals surface area contributed by atoms with Crippen molar-refractivity contribution in [2.45, 2.75) is 18.9 Å². The van der Waals surface area contributed by atoms with E-state index in [1.807, 2.05) is 0 Å². The molecule has 0 bridgehead atoms. The lowest BCUT2D eigenvalue weighted by atomic mass is 10.1. The van der Waals surface area contributed by atoms with Crippen molar-refractivity contribution in [2.24, 2.45) is 0 Å². The van der Waals surface area contributed by atoms with Crippen LogP contribution in [0.15, 0.2) is 24.3 Å². The van der Waals surface area contributed by atoms with Crippen molar-refractivity contribution in [2.75, 3.05) is 12.4 Å². The number of carboxylic acids is 2. The maximum Gasteiger partial charge on any atom is 0.326 e. The van der Waals surface area contributed by atoms with Crippen LogP contribution in [-0.2, 0) is 9.59 Å². The fourth-order valence-corrected chi connectivity index (χ4v) is 1.55. The molecule has 0 saturated heterocycles. The normalized spacial score (nSPS) is 11.3. The Morgan fingerprint density at radius 1 is 1.29 bits per heavy atom. The summed E-state index contributed by atoms with van der Waals surface area (Å²) < 4.78 is 4.99. The van der Waals surface area contributed by atoms with E-state index >= 15 is 0 Å². The largest absolute Gasteiger partial charge is 0.497 e. The van der Waals surface area contributed by atoms with E-state index in [9.17, 15) is 14.4 Å². The molecular formula is C13H16N2O6. The van der Waals surface area contributed by atoms with Gasteiger partial charge in [-0.15, -0.1) is 0 Å². The summed E-state index contributed by atoms with van der Waals surface area (Å²) >= 11 is 0. The summed E-state index contributed by atoms with van der Waals surface area (Å²) in [7, 11) is 1.48. The number of urea groups is 1. The number of aliphatic carboxylic acids is 2. The minimum atomic E-state index is -1.29. The second-order valence-electron chi connectivity index (χ2n) is 4.15. The van der Waals surface area contributed by atoms with E-state index in [-0.39, 0.29) is 12.8 Å². The van der Waals surface area contributed by atoms with Gasteiger partial charge in [-0.1, -0.05) is 6.07 Å². The highest BCUT2D eigenvalue weighted by Gasteiger charge is 2.20. The molecule has 0 aliphatic heterocycles. The molecule has 4 N–H and O–H groups in total. The smallest absolute Gasteiger partial charge is 0.326 e. The first-order valence-electron chi connectivity index (χ1n) is 6.08. The molecule has 114 valence electrons. The Balaban J connectivity index is 2.60. The summed E-state index contributed by atoms with van der Waals surface area (Å²) in [6, 6.07) is 4.51. The third kappa shape index (κ3) is 5.81. The maximum atomic E-state index is 11.7. The lowest BCUT2D eigenvalue weighted by molar-refractivity contribution is -0.140. The molecule has 0 heterocycles. The first kappa shape index (κ1) is 16.3. The van der Waals surface area contributed by atoms with Gasteiger partial charge in [0.05, 0.1) is 7.11 Å². The van der Waals surface area contributed by atoms with Gasteiger partial charge in [0.2, 0.25) is 0 Å².